The molecule has 0 saturated carbocycles. The van der Waals surface area contributed by atoms with Crippen molar-refractivity contribution in [2.24, 2.45) is 0 Å². The molecule has 3 atom stereocenters. The Bertz CT molecular complexity index is 401. The molecule has 0 aromatic carbocycles. The molecule has 0 radical (unpaired) electrons. The second-order valence-electron chi connectivity index (χ2n) is 5.07. The predicted octanol–water partition coefficient (Wildman–Crippen LogP) is 0.168. The first-order valence-corrected chi connectivity index (χ1v) is 6.77. The molecule has 1 fully saturated rings. The summed E-state index contributed by atoms with van der Waals surface area (Å²) in [6, 6.07) is 0. The van der Waals surface area contributed by atoms with Crippen molar-refractivity contribution in [3.63, 3.8) is 0 Å². The zero-order chi connectivity index (χ0) is 16.0. The largest absolute Gasteiger partial charge is 0.481 e. The summed E-state index contributed by atoms with van der Waals surface area (Å²) in [5, 5.41) is 27.3. The molecule has 1 rings (SSSR count). The molecule has 8 nitrogen and oxygen atoms in total. The third-order valence-electron chi connectivity index (χ3n) is 3.34. The molecule has 0 spiro atoms. The van der Waals surface area contributed by atoms with Gasteiger partial charge < -0.3 is 24.8 Å². The van der Waals surface area contributed by atoms with Gasteiger partial charge in [0.15, 0.2) is 5.60 Å². The minimum atomic E-state index is -2.67. The highest BCUT2D eigenvalue weighted by Crippen LogP contribution is 2.22. The van der Waals surface area contributed by atoms with Crippen LogP contribution in [0.2, 0.25) is 0 Å². The van der Waals surface area contributed by atoms with Crippen LogP contribution in [0.1, 0.15) is 39.0 Å². The standard InChI is InChI=1S/C13H20O8/c1-2-8(9-4-3-5-20-9)21-11(16)7-13(19,12(17)18)6-10(14)15/h8-9,19H,2-7H2,1H3,(H,14,15)(H,17,18). The normalized spacial score (nSPS) is 22.3. The number of hydrogen-bond acceptors (Lipinski definition) is 6. The van der Waals surface area contributed by atoms with Crippen LogP contribution < -0.4 is 0 Å². The summed E-state index contributed by atoms with van der Waals surface area (Å²) in [4.78, 5) is 33.3. The summed E-state index contributed by atoms with van der Waals surface area (Å²) in [5.74, 6) is -4.24. The van der Waals surface area contributed by atoms with Crippen molar-refractivity contribution in [2.45, 2.75) is 56.8 Å². The van der Waals surface area contributed by atoms with Gasteiger partial charge in [-0.05, 0) is 19.3 Å². The molecule has 8 heteroatoms. The summed E-state index contributed by atoms with van der Waals surface area (Å²) in [6.45, 7) is 2.37. The lowest BCUT2D eigenvalue weighted by molar-refractivity contribution is -0.175. The number of esters is 1. The van der Waals surface area contributed by atoms with Gasteiger partial charge in [0.2, 0.25) is 0 Å². The van der Waals surface area contributed by atoms with Gasteiger partial charge in [-0.2, -0.15) is 0 Å². The Kier molecular flexibility index (Phi) is 6.10. The number of ether oxygens (including phenoxy) is 2. The highest BCUT2D eigenvalue weighted by molar-refractivity contribution is 5.88. The monoisotopic (exact) mass is 304 g/mol. The first kappa shape index (κ1) is 17.4. The van der Waals surface area contributed by atoms with E-state index in [-0.39, 0.29) is 6.10 Å². The molecule has 120 valence electrons. The highest BCUT2D eigenvalue weighted by atomic mass is 16.6. The zero-order valence-corrected chi connectivity index (χ0v) is 11.8. The molecule has 1 aliphatic rings. The van der Waals surface area contributed by atoms with Gasteiger partial charge in [-0.3, -0.25) is 9.59 Å². The Morgan fingerprint density at radius 3 is 2.43 bits per heavy atom. The van der Waals surface area contributed by atoms with Gasteiger partial charge >= 0.3 is 17.9 Å². The summed E-state index contributed by atoms with van der Waals surface area (Å²) in [7, 11) is 0. The lowest BCUT2D eigenvalue weighted by Gasteiger charge is -2.25. The third-order valence-corrected chi connectivity index (χ3v) is 3.34. The molecular weight excluding hydrogens is 284 g/mol. The van der Waals surface area contributed by atoms with Crippen LogP contribution in [0.4, 0.5) is 0 Å². The maximum atomic E-state index is 11.8. The van der Waals surface area contributed by atoms with Crippen LogP contribution in [0.3, 0.4) is 0 Å². The minimum absolute atomic E-state index is 0.239. The molecule has 0 aromatic rings. The van der Waals surface area contributed by atoms with E-state index < -0.39 is 42.5 Å². The molecule has 0 bridgehead atoms. The Hall–Kier alpha value is -1.67. The second-order valence-corrected chi connectivity index (χ2v) is 5.07. The fraction of sp³-hybridized carbons (Fsp3) is 0.769. The molecule has 0 aliphatic carbocycles. The fourth-order valence-corrected chi connectivity index (χ4v) is 2.23. The van der Waals surface area contributed by atoms with E-state index in [2.05, 4.69) is 0 Å². The van der Waals surface area contributed by atoms with Gasteiger partial charge in [0, 0.05) is 6.61 Å². The van der Waals surface area contributed by atoms with E-state index >= 15 is 0 Å². The fourth-order valence-electron chi connectivity index (χ4n) is 2.23. The van der Waals surface area contributed by atoms with E-state index in [1.807, 2.05) is 0 Å². The Morgan fingerprint density at radius 2 is 2.00 bits per heavy atom. The van der Waals surface area contributed by atoms with Crippen LogP contribution >= 0.6 is 0 Å². The molecular formula is C13H20O8. The van der Waals surface area contributed by atoms with Crippen molar-refractivity contribution in [1.29, 1.82) is 0 Å². The quantitative estimate of drug-likeness (QED) is 0.541. The van der Waals surface area contributed by atoms with E-state index in [9.17, 15) is 19.5 Å². The van der Waals surface area contributed by atoms with Crippen LogP contribution in [0.5, 0.6) is 0 Å². The van der Waals surface area contributed by atoms with Crippen molar-refractivity contribution in [1.82, 2.24) is 0 Å². The van der Waals surface area contributed by atoms with Crippen LogP contribution in [-0.4, -0.2) is 57.6 Å². The predicted molar refractivity (Wildman–Crippen MR) is 68.6 cm³/mol. The average Bonchev–Trinajstić information content (AvgIpc) is 2.88. The van der Waals surface area contributed by atoms with Crippen molar-refractivity contribution in [2.75, 3.05) is 6.61 Å². The number of carboxylic acid groups (broad SMARTS) is 2. The van der Waals surface area contributed by atoms with Gasteiger partial charge in [-0.25, -0.2) is 4.79 Å². The molecule has 3 N–H and O–H groups in total. The minimum Gasteiger partial charge on any atom is -0.481 e. The molecule has 3 unspecified atom stereocenters. The average molecular weight is 304 g/mol. The summed E-state index contributed by atoms with van der Waals surface area (Å²) in [6.07, 6.45) is -0.674. The van der Waals surface area contributed by atoms with Crippen LogP contribution in [-0.2, 0) is 23.9 Å². The number of carboxylic acids is 2. The summed E-state index contributed by atoms with van der Waals surface area (Å²) in [5.41, 5.74) is -2.67. The van der Waals surface area contributed by atoms with Crippen molar-refractivity contribution < 1.29 is 39.2 Å². The molecule has 21 heavy (non-hydrogen) atoms. The van der Waals surface area contributed by atoms with Gasteiger partial charge in [0.1, 0.15) is 6.10 Å². The van der Waals surface area contributed by atoms with E-state index in [0.717, 1.165) is 12.8 Å². The highest BCUT2D eigenvalue weighted by Gasteiger charge is 2.42. The van der Waals surface area contributed by atoms with E-state index in [0.29, 0.717) is 13.0 Å². The van der Waals surface area contributed by atoms with Crippen LogP contribution in [0.15, 0.2) is 0 Å². The first-order chi connectivity index (χ1) is 9.78. The maximum absolute atomic E-state index is 11.8. The Morgan fingerprint density at radius 1 is 1.33 bits per heavy atom. The number of aliphatic carboxylic acids is 2. The lowest BCUT2D eigenvalue weighted by atomic mass is 9.96. The van der Waals surface area contributed by atoms with E-state index in [1.54, 1.807) is 6.92 Å². The molecule has 1 saturated heterocycles. The van der Waals surface area contributed by atoms with Crippen LogP contribution in [0.25, 0.3) is 0 Å². The smallest absolute Gasteiger partial charge is 0.336 e. The number of aliphatic hydroxyl groups is 1. The molecule has 1 aliphatic heterocycles. The second kappa shape index (κ2) is 7.37. The lowest BCUT2D eigenvalue weighted by Crippen LogP contribution is -2.44. The van der Waals surface area contributed by atoms with Gasteiger partial charge in [0.25, 0.3) is 0 Å². The number of carbonyl (C=O) groups excluding carboxylic acids is 1. The maximum Gasteiger partial charge on any atom is 0.336 e. The van der Waals surface area contributed by atoms with Crippen molar-refractivity contribution in [3.8, 4) is 0 Å². The van der Waals surface area contributed by atoms with Crippen LogP contribution in [0, 0.1) is 0 Å². The van der Waals surface area contributed by atoms with Gasteiger partial charge in [-0.1, -0.05) is 6.92 Å². The summed E-state index contributed by atoms with van der Waals surface area (Å²) < 4.78 is 10.5. The van der Waals surface area contributed by atoms with Crippen molar-refractivity contribution >= 4 is 17.9 Å². The molecule has 1 heterocycles. The zero-order valence-electron chi connectivity index (χ0n) is 11.8. The SMILES string of the molecule is CCC(OC(=O)CC(O)(CC(=O)O)C(=O)O)C1CCCO1. The Balaban J connectivity index is 2.64. The third kappa shape index (κ3) is 4.98. The molecule has 0 aromatic heterocycles. The molecule has 0 amide bonds. The number of rotatable bonds is 8. The van der Waals surface area contributed by atoms with Gasteiger partial charge in [0.05, 0.1) is 18.9 Å². The van der Waals surface area contributed by atoms with Crippen molar-refractivity contribution in [3.05, 3.63) is 0 Å². The van der Waals surface area contributed by atoms with E-state index in [1.165, 1.54) is 0 Å². The Labute approximate surface area is 121 Å². The number of hydrogen-bond donors (Lipinski definition) is 3. The van der Waals surface area contributed by atoms with Gasteiger partial charge in [-0.15, -0.1) is 0 Å². The summed E-state index contributed by atoms with van der Waals surface area (Å²) >= 11 is 0. The first-order valence-electron chi connectivity index (χ1n) is 6.77. The van der Waals surface area contributed by atoms with E-state index in [4.69, 9.17) is 19.7 Å². The number of carbonyl (C=O) groups is 3. The topological polar surface area (TPSA) is 130 Å².